The van der Waals surface area contributed by atoms with E-state index < -0.39 is 0 Å². The summed E-state index contributed by atoms with van der Waals surface area (Å²) in [6, 6.07) is 13.7. The number of fused-ring (bicyclic) bond motifs is 1. The fourth-order valence-corrected chi connectivity index (χ4v) is 3.64. The van der Waals surface area contributed by atoms with E-state index in [1.165, 1.54) is 0 Å². The van der Waals surface area contributed by atoms with Crippen LogP contribution in [-0.4, -0.2) is 50.8 Å². The van der Waals surface area contributed by atoms with Gasteiger partial charge in [-0.2, -0.15) is 0 Å². The molecule has 0 unspecified atom stereocenters. The van der Waals surface area contributed by atoms with E-state index in [1.54, 1.807) is 7.11 Å². The number of hydrogen-bond donors (Lipinski definition) is 2. The highest BCUT2D eigenvalue weighted by Gasteiger charge is 2.18. The lowest BCUT2D eigenvalue weighted by Gasteiger charge is -2.30. The minimum absolute atomic E-state index is 0.0421. The van der Waals surface area contributed by atoms with Crippen LogP contribution in [0.4, 0.5) is 5.69 Å². The molecule has 0 atom stereocenters. The molecule has 2 heterocycles. The fraction of sp³-hybridized carbons (Fsp3) is 0.318. The molecule has 1 amide bonds. The topological polar surface area (TPSA) is 66.6 Å². The van der Waals surface area contributed by atoms with E-state index in [1.807, 2.05) is 48.7 Å². The van der Waals surface area contributed by atoms with Gasteiger partial charge in [-0.05, 0) is 42.3 Å². The molecule has 3 aromatic rings. The quantitative estimate of drug-likeness (QED) is 0.691. The molecule has 1 fully saturated rings. The van der Waals surface area contributed by atoms with Crippen LogP contribution in [0.5, 0.6) is 5.75 Å². The number of nitrogens with zero attached hydrogens (tertiary/aromatic N) is 1. The largest absolute Gasteiger partial charge is 0.497 e. The van der Waals surface area contributed by atoms with E-state index >= 15 is 0 Å². The van der Waals surface area contributed by atoms with Gasteiger partial charge in [0.1, 0.15) is 5.75 Å². The Hall–Kier alpha value is -2.99. The smallest absolute Gasteiger partial charge is 0.253 e. The Morgan fingerprint density at radius 3 is 2.86 bits per heavy atom. The summed E-state index contributed by atoms with van der Waals surface area (Å²) >= 11 is 0. The molecular formula is C22H25N3O3. The van der Waals surface area contributed by atoms with Crippen LogP contribution in [0.15, 0.2) is 48.7 Å². The Morgan fingerprint density at radius 1 is 1.21 bits per heavy atom. The number of amides is 1. The molecule has 1 saturated heterocycles. The van der Waals surface area contributed by atoms with Crippen LogP contribution in [0.2, 0.25) is 0 Å². The normalized spacial score (nSPS) is 14.2. The van der Waals surface area contributed by atoms with Crippen molar-refractivity contribution in [3.8, 4) is 5.75 Å². The number of aromatic nitrogens is 1. The monoisotopic (exact) mass is 379 g/mol. The van der Waals surface area contributed by atoms with Crippen LogP contribution < -0.4 is 15.0 Å². The summed E-state index contributed by atoms with van der Waals surface area (Å²) in [4.78, 5) is 18.3. The van der Waals surface area contributed by atoms with Gasteiger partial charge in [-0.1, -0.05) is 12.1 Å². The molecule has 0 radical (unpaired) electrons. The number of hydrogen-bond acceptors (Lipinski definition) is 4. The molecule has 1 aliphatic heterocycles. The Kier molecular flexibility index (Phi) is 5.48. The minimum Gasteiger partial charge on any atom is -0.497 e. The van der Waals surface area contributed by atoms with Gasteiger partial charge in [0.05, 0.1) is 25.9 Å². The minimum atomic E-state index is -0.0421. The molecule has 0 saturated carbocycles. The number of nitrogens with one attached hydrogen (secondary N) is 2. The molecule has 6 nitrogen and oxygen atoms in total. The van der Waals surface area contributed by atoms with Crippen molar-refractivity contribution in [3.05, 3.63) is 59.8 Å². The number of para-hydroxylation sites is 1. The summed E-state index contributed by atoms with van der Waals surface area (Å²) in [6.07, 6.45) is 2.75. The molecule has 146 valence electrons. The van der Waals surface area contributed by atoms with Gasteiger partial charge in [-0.25, -0.2) is 0 Å². The van der Waals surface area contributed by atoms with Gasteiger partial charge in [0, 0.05) is 42.4 Å². The molecule has 2 aromatic carbocycles. The molecular weight excluding hydrogens is 354 g/mol. The first-order valence-electron chi connectivity index (χ1n) is 9.60. The van der Waals surface area contributed by atoms with Crippen molar-refractivity contribution >= 4 is 22.5 Å². The number of H-pyrrole nitrogens is 1. The predicted molar refractivity (Wildman–Crippen MR) is 110 cm³/mol. The molecule has 0 bridgehead atoms. The maximum atomic E-state index is 12.8. The summed E-state index contributed by atoms with van der Waals surface area (Å²) in [5.74, 6) is 0.788. The van der Waals surface area contributed by atoms with Gasteiger partial charge < -0.3 is 24.7 Å². The van der Waals surface area contributed by atoms with Crippen LogP contribution in [-0.2, 0) is 11.2 Å². The number of ether oxygens (including phenoxy) is 2. The van der Waals surface area contributed by atoms with Gasteiger partial charge >= 0.3 is 0 Å². The lowest BCUT2D eigenvalue weighted by molar-refractivity contribution is 0.0952. The van der Waals surface area contributed by atoms with Gasteiger partial charge in [-0.15, -0.1) is 0 Å². The summed E-state index contributed by atoms with van der Waals surface area (Å²) in [5.41, 5.74) is 3.92. The van der Waals surface area contributed by atoms with Gasteiger partial charge in [0.15, 0.2) is 0 Å². The first-order valence-corrected chi connectivity index (χ1v) is 9.60. The van der Waals surface area contributed by atoms with Crippen molar-refractivity contribution < 1.29 is 14.3 Å². The molecule has 1 aromatic heterocycles. The lowest BCUT2D eigenvalue weighted by Crippen LogP contribution is -2.38. The molecule has 1 aliphatic rings. The van der Waals surface area contributed by atoms with Crippen LogP contribution in [0.25, 0.3) is 10.9 Å². The van der Waals surface area contributed by atoms with Crippen LogP contribution in [0.3, 0.4) is 0 Å². The number of anilines is 1. The summed E-state index contributed by atoms with van der Waals surface area (Å²) in [7, 11) is 1.67. The summed E-state index contributed by atoms with van der Waals surface area (Å²) in [5, 5.41) is 4.20. The van der Waals surface area contributed by atoms with Crippen molar-refractivity contribution in [1.82, 2.24) is 10.3 Å². The average molecular weight is 379 g/mol. The van der Waals surface area contributed by atoms with Crippen LogP contribution in [0, 0.1) is 0 Å². The highest BCUT2D eigenvalue weighted by Crippen LogP contribution is 2.24. The molecule has 4 rings (SSSR count). The second-order valence-electron chi connectivity index (χ2n) is 6.85. The Balaban J connectivity index is 1.43. The van der Waals surface area contributed by atoms with Crippen molar-refractivity contribution in [3.63, 3.8) is 0 Å². The van der Waals surface area contributed by atoms with E-state index in [2.05, 4.69) is 15.2 Å². The molecule has 6 heteroatoms. The molecule has 0 aliphatic carbocycles. The van der Waals surface area contributed by atoms with Crippen molar-refractivity contribution in [2.75, 3.05) is 44.9 Å². The standard InChI is InChI=1S/C22H25N3O3/c1-27-17-6-7-20-19(14-17)16(15-24-20)8-9-23-22(26)18-4-2-3-5-21(18)25-10-12-28-13-11-25/h2-7,14-15,24H,8-13H2,1H3,(H,23,26). The molecule has 28 heavy (non-hydrogen) atoms. The third kappa shape index (κ3) is 3.82. The fourth-order valence-electron chi connectivity index (χ4n) is 3.64. The summed E-state index contributed by atoms with van der Waals surface area (Å²) in [6.45, 7) is 3.57. The SMILES string of the molecule is COc1ccc2[nH]cc(CCNC(=O)c3ccccc3N3CCOCC3)c2c1. The third-order valence-corrected chi connectivity index (χ3v) is 5.15. The number of methoxy groups -OCH3 is 1. The van der Waals surface area contributed by atoms with Gasteiger partial charge in [0.2, 0.25) is 0 Å². The number of carbonyl (C=O) groups is 1. The number of aromatic amines is 1. The zero-order valence-corrected chi connectivity index (χ0v) is 16.0. The average Bonchev–Trinajstić information content (AvgIpc) is 3.16. The number of rotatable bonds is 6. The number of benzene rings is 2. The second-order valence-corrected chi connectivity index (χ2v) is 6.85. The molecule has 0 spiro atoms. The zero-order chi connectivity index (χ0) is 19.3. The highest BCUT2D eigenvalue weighted by molar-refractivity contribution is 5.99. The maximum absolute atomic E-state index is 12.8. The first-order chi connectivity index (χ1) is 13.8. The van der Waals surface area contributed by atoms with Crippen molar-refractivity contribution in [2.45, 2.75) is 6.42 Å². The van der Waals surface area contributed by atoms with E-state index in [0.717, 1.165) is 47.4 Å². The summed E-state index contributed by atoms with van der Waals surface area (Å²) < 4.78 is 10.7. The van der Waals surface area contributed by atoms with Crippen LogP contribution >= 0.6 is 0 Å². The number of morpholine rings is 1. The van der Waals surface area contributed by atoms with E-state index in [0.29, 0.717) is 25.3 Å². The van der Waals surface area contributed by atoms with Crippen molar-refractivity contribution in [2.24, 2.45) is 0 Å². The van der Waals surface area contributed by atoms with Crippen LogP contribution in [0.1, 0.15) is 15.9 Å². The Morgan fingerprint density at radius 2 is 2.04 bits per heavy atom. The van der Waals surface area contributed by atoms with Crippen molar-refractivity contribution in [1.29, 1.82) is 0 Å². The zero-order valence-electron chi connectivity index (χ0n) is 16.0. The predicted octanol–water partition coefficient (Wildman–Crippen LogP) is 2.99. The first kappa shape index (κ1) is 18.4. The van der Waals surface area contributed by atoms with E-state index in [-0.39, 0.29) is 5.91 Å². The van der Waals surface area contributed by atoms with Gasteiger partial charge in [-0.3, -0.25) is 4.79 Å². The van der Waals surface area contributed by atoms with E-state index in [4.69, 9.17) is 9.47 Å². The number of carbonyl (C=O) groups excluding carboxylic acids is 1. The highest BCUT2D eigenvalue weighted by atomic mass is 16.5. The lowest BCUT2D eigenvalue weighted by atomic mass is 10.1. The Bertz CT molecular complexity index is 961. The van der Waals surface area contributed by atoms with E-state index in [9.17, 15) is 4.79 Å². The third-order valence-electron chi connectivity index (χ3n) is 5.15. The Labute approximate surface area is 164 Å². The van der Waals surface area contributed by atoms with Gasteiger partial charge in [0.25, 0.3) is 5.91 Å². The maximum Gasteiger partial charge on any atom is 0.253 e. The molecule has 2 N–H and O–H groups in total. The second kappa shape index (κ2) is 8.35.